The SMILES string of the molecule is CCC(=O)Nc1nnc(S(=O)(=O)N(C)[C@@H]2CCCC[C@H]2O)s1. The number of aromatic nitrogens is 2. The molecule has 1 aromatic rings. The molecule has 2 rings (SSSR count). The van der Waals surface area contributed by atoms with Crippen molar-refractivity contribution < 1.29 is 18.3 Å². The maximum Gasteiger partial charge on any atom is 0.272 e. The minimum atomic E-state index is -3.83. The first-order valence-corrected chi connectivity index (χ1v) is 9.41. The molecule has 2 atom stereocenters. The lowest BCUT2D eigenvalue weighted by atomic mass is 9.93. The summed E-state index contributed by atoms with van der Waals surface area (Å²) in [6, 6.07) is -0.448. The second-order valence-corrected chi connectivity index (χ2v) is 8.36. The van der Waals surface area contributed by atoms with Gasteiger partial charge in [0.15, 0.2) is 0 Å². The maximum absolute atomic E-state index is 12.6. The molecule has 0 aromatic carbocycles. The molecule has 1 fully saturated rings. The third-order valence-electron chi connectivity index (χ3n) is 3.73. The summed E-state index contributed by atoms with van der Waals surface area (Å²) in [6.45, 7) is 1.69. The quantitative estimate of drug-likeness (QED) is 0.762. The molecule has 0 spiro atoms. The molecular weight excluding hydrogens is 328 g/mol. The molecule has 1 aromatic heterocycles. The Morgan fingerprint density at radius 1 is 1.41 bits per heavy atom. The van der Waals surface area contributed by atoms with Gasteiger partial charge in [0.25, 0.3) is 10.0 Å². The fourth-order valence-corrected chi connectivity index (χ4v) is 4.89. The summed E-state index contributed by atoms with van der Waals surface area (Å²) in [5.41, 5.74) is 0. The zero-order valence-electron chi connectivity index (χ0n) is 12.5. The highest BCUT2D eigenvalue weighted by Gasteiger charge is 2.36. The number of aliphatic hydroxyl groups is 1. The van der Waals surface area contributed by atoms with Gasteiger partial charge in [0.1, 0.15) is 0 Å². The Morgan fingerprint density at radius 3 is 2.73 bits per heavy atom. The van der Waals surface area contributed by atoms with Crippen molar-refractivity contribution in [2.45, 2.75) is 55.5 Å². The molecule has 0 saturated heterocycles. The summed E-state index contributed by atoms with van der Waals surface area (Å²) in [5, 5.41) is 20.0. The summed E-state index contributed by atoms with van der Waals surface area (Å²) in [6.07, 6.45) is 2.61. The van der Waals surface area contributed by atoms with Gasteiger partial charge in [0.05, 0.1) is 12.1 Å². The van der Waals surface area contributed by atoms with Crippen LogP contribution in [0.25, 0.3) is 0 Å². The number of carbonyl (C=O) groups is 1. The first kappa shape index (κ1) is 17.3. The molecule has 124 valence electrons. The summed E-state index contributed by atoms with van der Waals surface area (Å²) in [4.78, 5) is 11.3. The highest BCUT2D eigenvalue weighted by atomic mass is 32.2. The lowest BCUT2D eigenvalue weighted by Gasteiger charge is -2.33. The van der Waals surface area contributed by atoms with E-state index in [4.69, 9.17) is 0 Å². The van der Waals surface area contributed by atoms with Crippen LogP contribution in [0.2, 0.25) is 0 Å². The van der Waals surface area contributed by atoms with Crippen molar-refractivity contribution in [2.75, 3.05) is 12.4 Å². The van der Waals surface area contributed by atoms with E-state index in [1.54, 1.807) is 6.92 Å². The van der Waals surface area contributed by atoms with Crippen LogP contribution in [-0.2, 0) is 14.8 Å². The van der Waals surface area contributed by atoms with Crippen LogP contribution in [0, 0.1) is 0 Å². The summed E-state index contributed by atoms with van der Waals surface area (Å²) >= 11 is 0.812. The third kappa shape index (κ3) is 3.62. The molecule has 1 amide bonds. The summed E-state index contributed by atoms with van der Waals surface area (Å²) in [5.74, 6) is -0.254. The molecule has 1 aliphatic carbocycles. The molecule has 8 nitrogen and oxygen atoms in total. The molecule has 22 heavy (non-hydrogen) atoms. The molecule has 0 bridgehead atoms. The van der Waals surface area contributed by atoms with Crippen LogP contribution in [0.15, 0.2) is 4.34 Å². The fourth-order valence-electron chi connectivity index (χ4n) is 2.39. The normalized spacial score (nSPS) is 22.7. The van der Waals surface area contributed by atoms with E-state index in [0.29, 0.717) is 12.8 Å². The fraction of sp³-hybridized carbons (Fsp3) is 0.750. The number of nitrogens with zero attached hydrogens (tertiary/aromatic N) is 3. The van der Waals surface area contributed by atoms with E-state index >= 15 is 0 Å². The van der Waals surface area contributed by atoms with Gasteiger partial charge in [-0.15, -0.1) is 10.2 Å². The first-order valence-electron chi connectivity index (χ1n) is 7.15. The molecular formula is C12H20N4O4S2. The molecule has 0 aliphatic heterocycles. The zero-order valence-corrected chi connectivity index (χ0v) is 14.2. The second-order valence-electron chi connectivity index (χ2n) is 5.22. The van der Waals surface area contributed by atoms with Crippen LogP contribution in [0.3, 0.4) is 0 Å². The smallest absolute Gasteiger partial charge is 0.272 e. The number of sulfonamides is 1. The summed E-state index contributed by atoms with van der Waals surface area (Å²) in [7, 11) is -2.38. The minimum Gasteiger partial charge on any atom is -0.391 e. The number of amides is 1. The van der Waals surface area contributed by atoms with Crippen LogP contribution in [0.5, 0.6) is 0 Å². The van der Waals surface area contributed by atoms with Crippen LogP contribution in [0.1, 0.15) is 39.0 Å². The van der Waals surface area contributed by atoms with Gasteiger partial charge in [0.2, 0.25) is 15.4 Å². The lowest BCUT2D eigenvalue weighted by molar-refractivity contribution is -0.115. The molecule has 1 saturated carbocycles. The second kappa shape index (κ2) is 6.99. The summed E-state index contributed by atoms with van der Waals surface area (Å²) < 4.78 is 26.1. The van der Waals surface area contributed by atoms with E-state index in [2.05, 4.69) is 15.5 Å². The van der Waals surface area contributed by atoms with Crippen molar-refractivity contribution in [3.05, 3.63) is 0 Å². The van der Waals surface area contributed by atoms with Crippen LogP contribution in [0.4, 0.5) is 5.13 Å². The highest BCUT2D eigenvalue weighted by Crippen LogP contribution is 2.29. The Balaban J connectivity index is 2.17. The molecule has 0 unspecified atom stereocenters. The molecule has 1 heterocycles. The molecule has 1 aliphatic rings. The first-order chi connectivity index (χ1) is 10.4. The van der Waals surface area contributed by atoms with Gasteiger partial charge in [-0.3, -0.25) is 4.79 Å². The average molecular weight is 348 g/mol. The van der Waals surface area contributed by atoms with Gasteiger partial charge in [-0.25, -0.2) is 8.42 Å². The van der Waals surface area contributed by atoms with Gasteiger partial charge in [0, 0.05) is 13.5 Å². The number of aliphatic hydroxyl groups excluding tert-OH is 1. The number of hydrogen-bond donors (Lipinski definition) is 2. The Labute approximate surface area is 133 Å². The van der Waals surface area contributed by atoms with Crippen LogP contribution in [-0.4, -0.2) is 53.1 Å². The van der Waals surface area contributed by atoms with Crippen LogP contribution < -0.4 is 5.32 Å². The Bertz CT molecular complexity index is 631. The van der Waals surface area contributed by atoms with Gasteiger partial charge in [-0.05, 0) is 12.8 Å². The number of carbonyl (C=O) groups excluding carboxylic acids is 1. The van der Waals surface area contributed by atoms with Gasteiger partial charge in [-0.1, -0.05) is 31.1 Å². The molecule has 10 heteroatoms. The van der Waals surface area contributed by atoms with Crippen molar-refractivity contribution in [2.24, 2.45) is 0 Å². The zero-order chi connectivity index (χ0) is 16.3. The van der Waals surface area contributed by atoms with Crippen molar-refractivity contribution in [1.82, 2.24) is 14.5 Å². The van der Waals surface area contributed by atoms with Gasteiger partial charge < -0.3 is 10.4 Å². The number of rotatable bonds is 5. The maximum atomic E-state index is 12.6. The van der Waals surface area contributed by atoms with Crippen molar-refractivity contribution in [1.29, 1.82) is 0 Å². The largest absolute Gasteiger partial charge is 0.391 e. The topological polar surface area (TPSA) is 112 Å². The predicted octanol–water partition coefficient (Wildman–Crippen LogP) is 0.811. The van der Waals surface area contributed by atoms with E-state index in [1.807, 2.05) is 0 Å². The number of nitrogens with one attached hydrogen (secondary N) is 1. The van der Waals surface area contributed by atoms with E-state index in [1.165, 1.54) is 11.4 Å². The molecule has 2 N–H and O–H groups in total. The van der Waals surface area contributed by atoms with Gasteiger partial charge in [-0.2, -0.15) is 4.31 Å². The highest BCUT2D eigenvalue weighted by molar-refractivity contribution is 7.91. The van der Waals surface area contributed by atoms with Gasteiger partial charge >= 0.3 is 0 Å². The number of likely N-dealkylation sites (N-methyl/N-ethyl adjacent to an activating group) is 1. The average Bonchev–Trinajstić information content (AvgIpc) is 2.96. The van der Waals surface area contributed by atoms with E-state index in [9.17, 15) is 18.3 Å². The predicted molar refractivity (Wildman–Crippen MR) is 82.0 cm³/mol. The Kier molecular flexibility index (Phi) is 5.48. The van der Waals surface area contributed by atoms with Crippen molar-refractivity contribution >= 4 is 32.4 Å². The van der Waals surface area contributed by atoms with Crippen molar-refractivity contribution in [3.63, 3.8) is 0 Å². The van der Waals surface area contributed by atoms with Crippen LogP contribution >= 0.6 is 11.3 Å². The molecule has 0 radical (unpaired) electrons. The van der Waals surface area contributed by atoms with E-state index < -0.39 is 22.2 Å². The number of hydrogen-bond acceptors (Lipinski definition) is 7. The lowest BCUT2D eigenvalue weighted by Crippen LogP contribution is -2.46. The monoisotopic (exact) mass is 348 g/mol. The minimum absolute atomic E-state index is 0.156. The number of anilines is 1. The Hall–Kier alpha value is -1.10. The standard InChI is InChI=1S/C12H20N4O4S2/c1-3-10(18)13-11-14-15-12(21-11)22(19,20)16(2)8-6-4-5-7-9(8)17/h8-9,17H,3-7H2,1-2H3,(H,13,14,18)/t8-,9-/m1/s1. The third-order valence-corrected chi connectivity index (χ3v) is 6.80. The van der Waals surface area contributed by atoms with E-state index in [0.717, 1.165) is 24.2 Å². The Morgan fingerprint density at radius 2 is 2.09 bits per heavy atom. The van der Waals surface area contributed by atoms with Crippen molar-refractivity contribution in [3.8, 4) is 0 Å². The van der Waals surface area contributed by atoms with E-state index in [-0.39, 0.29) is 21.8 Å².